The number of para-hydroxylation sites is 1. The van der Waals surface area contributed by atoms with Crippen molar-refractivity contribution in [2.24, 2.45) is 10.1 Å². The summed E-state index contributed by atoms with van der Waals surface area (Å²) in [6.45, 7) is 5.07. The molecule has 3 heterocycles. The van der Waals surface area contributed by atoms with Gasteiger partial charge in [0.15, 0.2) is 17.3 Å². The molecule has 0 spiro atoms. The van der Waals surface area contributed by atoms with Gasteiger partial charge in [0, 0.05) is 6.42 Å². The van der Waals surface area contributed by atoms with Crippen LogP contribution in [-0.4, -0.2) is 47.3 Å². The topological polar surface area (TPSA) is 96.6 Å². The van der Waals surface area contributed by atoms with E-state index in [1.807, 2.05) is 55.6 Å². The van der Waals surface area contributed by atoms with Gasteiger partial charge in [0.1, 0.15) is 10.8 Å². The quantitative estimate of drug-likeness (QED) is 0.266. The summed E-state index contributed by atoms with van der Waals surface area (Å²) in [6.07, 6.45) is 2.33. The van der Waals surface area contributed by atoms with Crippen LogP contribution in [0.15, 0.2) is 69.6 Å². The molecule has 1 amide bonds. The molecule has 0 unspecified atom stereocenters. The summed E-state index contributed by atoms with van der Waals surface area (Å²) in [5, 5.41) is 17.6. The lowest BCUT2D eigenvalue weighted by molar-refractivity contribution is -0.114. The van der Waals surface area contributed by atoms with Crippen molar-refractivity contribution in [3.63, 3.8) is 0 Å². The molecule has 8 nitrogen and oxygen atoms in total. The van der Waals surface area contributed by atoms with Crippen molar-refractivity contribution in [1.29, 1.82) is 5.41 Å². The number of methoxy groups -OCH3 is 1. The lowest BCUT2D eigenvalue weighted by Gasteiger charge is -2.20. The second kappa shape index (κ2) is 11.2. The van der Waals surface area contributed by atoms with Crippen LogP contribution in [0.2, 0.25) is 0 Å². The monoisotopic (exact) mass is 546 g/mol. The zero-order valence-corrected chi connectivity index (χ0v) is 22.8. The molecular formula is C28H26N4O4S2. The molecular weight excluding hydrogens is 520 g/mol. The van der Waals surface area contributed by atoms with E-state index >= 15 is 0 Å². The SMILES string of the molecule is COc1cc(/C=C2/C(=N)N3N=C(c4cccs4)SC3=NC2=O)ccc1OCCCOc1c(C)cccc1C. The van der Waals surface area contributed by atoms with Gasteiger partial charge in [-0.3, -0.25) is 10.2 Å². The number of carbonyl (C=O) groups excluding carboxylic acids is 1. The molecule has 0 saturated carbocycles. The Morgan fingerprint density at radius 3 is 2.55 bits per heavy atom. The third-order valence-corrected chi connectivity index (χ3v) is 7.83. The number of thiophene rings is 1. The number of fused-ring (bicyclic) bond motifs is 1. The van der Waals surface area contributed by atoms with Gasteiger partial charge in [-0.2, -0.15) is 15.1 Å². The Morgan fingerprint density at radius 2 is 1.82 bits per heavy atom. The molecule has 0 saturated heterocycles. The highest BCUT2D eigenvalue weighted by molar-refractivity contribution is 8.27. The van der Waals surface area contributed by atoms with Gasteiger partial charge >= 0.3 is 0 Å². The number of ether oxygens (including phenoxy) is 3. The van der Waals surface area contributed by atoms with E-state index in [1.165, 1.54) is 16.8 Å². The maximum absolute atomic E-state index is 12.8. The Hall–Kier alpha value is -3.89. The molecule has 0 bridgehead atoms. The summed E-state index contributed by atoms with van der Waals surface area (Å²) >= 11 is 2.84. The number of benzene rings is 2. The number of hydrogen-bond donors (Lipinski definition) is 1. The van der Waals surface area contributed by atoms with Gasteiger partial charge in [-0.1, -0.05) is 30.3 Å². The molecule has 0 atom stereocenters. The van der Waals surface area contributed by atoms with Crippen LogP contribution in [0.25, 0.3) is 6.08 Å². The van der Waals surface area contributed by atoms with Crippen LogP contribution < -0.4 is 14.2 Å². The minimum absolute atomic E-state index is 0.0118. The van der Waals surface area contributed by atoms with Gasteiger partial charge < -0.3 is 14.2 Å². The van der Waals surface area contributed by atoms with E-state index in [4.69, 9.17) is 19.6 Å². The Balaban J connectivity index is 1.24. The molecule has 38 heavy (non-hydrogen) atoms. The molecule has 0 aliphatic carbocycles. The normalized spacial score (nSPS) is 15.9. The lowest BCUT2D eigenvalue weighted by atomic mass is 10.1. The fourth-order valence-corrected chi connectivity index (χ4v) is 5.68. The van der Waals surface area contributed by atoms with Gasteiger partial charge in [-0.05, 0) is 72.0 Å². The zero-order valence-electron chi connectivity index (χ0n) is 21.2. The second-order valence-corrected chi connectivity index (χ2v) is 10.5. The van der Waals surface area contributed by atoms with E-state index in [0.29, 0.717) is 41.9 Å². The average Bonchev–Trinajstić information content (AvgIpc) is 3.59. The van der Waals surface area contributed by atoms with Crippen LogP contribution in [0.5, 0.6) is 17.2 Å². The molecule has 194 valence electrons. The molecule has 3 aromatic rings. The summed E-state index contributed by atoms with van der Waals surface area (Å²) in [6, 6.07) is 15.4. The second-order valence-electron chi connectivity index (χ2n) is 8.58. The number of carbonyl (C=O) groups is 1. The highest BCUT2D eigenvalue weighted by atomic mass is 32.2. The van der Waals surface area contributed by atoms with Gasteiger partial charge in [0.2, 0.25) is 5.17 Å². The Kier molecular flexibility index (Phi) is 7.62. The minimum atomic E-state index is -0.473. The number of hydrazone groups is 1. The Morgan fingerprint density at radius 1 is 1.03 bits per heavy atom. The first-order chi connectivity index (χ1) is 18.4. The number of nitrogens with one attached hydrogen (secondary N) is 1. The van der Waals surface area contributed by atoms with Crippen LogP contribution in [0.1, 0.15) is 28.0 Å². The summed E-state index contributed by atoms with van der Waals surface area (Å²) in [5.41, 5.74) is 3.07. The van der Waals surface area contributed by atoms with Gasteiger partial charge in [-0.25, -0.2) is 0 Å². The molecule has 5 rings (SSSR count). The fourth-order valence-electron chi connectivity index (χ4n) is 3.99. The van der Waals surface area contributed by atoms with Gasteiger partial charge in [-0.15, -0.1) is 11.3 Å². The van der Waals surface area contributed by atoms with E-state index in [2.05, 4.69) is 10.1 Å². The fraction of sp³-hybridized carbons (Fsp3) is 0.214. The number of amidine groups is 2. The smallest absolute Gasteiger partial charge is 0.283 e. The molecule has 0 radical (unpaired) electrons. The number of thioether (sulfide) groups is 1. The van der Waals surface area contributed by atoms with E-state index in [9.17, 15) is 4.79 Å². The highest BCUT2D eigenvalue weighted by Gasteiger charge is 2.36. The first-order valence-electron chi connectivity index (χ1n) is 12.0. The maximum Gasteiger partial charge on any atom is 0.283 e. The first-order valence-corrected chi connectivity index (χ1v) is 13.7. The molecule has 1 aromatic heterocycles. The lowest BCUT2D eigenvalue weighted by Crippen LogP contribution is -2.35. The summed E-state index contributed by atoms with van der Waals surface area (Å²) in [7, 11) is 1.57. The molecule has 10 heteroatoms. The van der Waals surface area contributed by atoms with Gasteiger partial charge in [0.05, 0.1) is 30.8 Å². The van der Waals surface area contributed by atoms with Crippen molar-refractivity contribution in [2.75, 3.05) is 20.3 Å². The van der Waals surface area contributed by atoms with Crippen molar-refractivity contribution >= 4 is 51.1 Å². The first kappa shape index (κ1) is 25.7. The Bertz CT molecular complexity index is 1460. The van der Waals surface area contributed by atoms with E-state index in [1.54, 1.807) is 36.7 Å². The maximum atomic E-state index is 12.8. The van der Waals surface area contributed by atoms with Gasteiger partial charge in [0.25, 0.3) is 5.91 Å². The zero-order chi connectivity index (χ0) is 26.6. The van der Waals surface area contributed by atoms with E-state index in [-0.39, 0.29) is 11.4 Å². The molecule has 2 aromatic carbocycles. The third-order valence-electron chi connectivity index (χ3n) is 5.89. The molecule has 2 aliphatic rings. The molecule has 0 fully saturated rings. The third kappa shape index (κ3) is 5.36. The van der Waals surface area contributed by atoms with Crippen LogP contribution in [0, 0.1) is 19.3 Å². The minimum Gasteiger partial charge on any atom is -0.493 e. The highest BCUT2D eigenvalue weighted by Crippen LogP contribution is 2.33. The molecule has 1 N–H and O–H groups in total. The average molecular weight is 547 g/mol. The summed E-state index contributed by atoms with van der Waals surface area (Å²) in [5.74, 6) is 1.56. The van der Waals surface area contributed by atoms with Crippen molar-refractivity contribution in [3.05, 3.63) is 81.1 Å². The predicted octanol–water partition coefficient (Wildman–Crippen LogP) is 5.89. The van der Waals surface area contributed by atoms with Crippen LogP contribution in [-0.2, 0) is 4.79 Å². The van der Waals surface area contributed by atoms with Crippen molar-refractivity contribution < 1.29 is 19.0 Å². The predicted molar refractivity (Wildman–Crippen MR) is 153 cm³/mol. The van der Waals surface area contributed by atoms with Crippen LogP contribution >= 0.6 is 23.1 Å². The molecule has 2 aliphatic heterocycles. The van der Waals surface area contributed by atoms with Crippen LogP contribution in [0.3, 0.4) is 0 Å². The number of aliphatic imine (C=N–C) groups is 1. The largest absolute Gasteiger partial charge is 0.493 e. The summed E-state index contributed by atoms with van der Waals surface area (Å²) < 4.78 is 17.4. The van der Waals surface area contributed by atoms with Crippen LogP contribution in [0.4, 0.5) is 0 Å². The number of nitrogens with zero attached hydrogens (tertiary/aromatic N) is 3. The number of aryl methyl sites for hydroxylation is 2. The number of hydrogen-bond acceptors (Lipinski definition) is 8. The standard InChI is InChI=1S/C28H26N4O4S2/c1-17-7-4-8-18(2)24(17)36-13-6-12-35-21-11-10-19(16-22(21)34-3)15-20-25(29)32-28(30-26(20)33)38-27(31-32)23-9-5-14-37-23/h4-5,7-11,14-16,29H,6,12-13H2,1-3H3/b20-15-,29-25?. The van der Waals surface area contributed by atoms with E-state index < -0.39 is 5.91 Å². The number of amides is 1. The Labute approximate surface area is 229 Å². The van der Waals surface area contributed by atoms with Crippen molar-refractivity contribution in [2.45, 2.75) is 20.3 Å². The number of rotatable bonds is 9. The van der Waals surface area contributed by atoms with Crippen molar-refractivity contribution in [1.82, 2.24) is 5.01 Å². The van der Waals surface area contributed by atoms with Crippen molar-refractivity contribution in [3.8, 4) is 17.2 Å². The van der Waals surface area contributed by atoms with E-state index in [0.717, 1.165) is 26.8 Å². The summed E-state index contributed by atoms with van der Waals surface area (Å²) in [4.78, 5) is 17.9.